The molecule has 0 aliphatic heterocycles. The molecule has 0 heterocycles. The molecule has 0 aliphatic rings. The van der Waals surface area contributed by atoms with Gasteiger partial charge < -0.3 is 9.47 Å². The predicted molar refractivity (Wildman–Crippen MR) is 68.4 cm³/mol. The van der Waals surface area contributed by atoms with Crippen LogP contribution in [0, 0.1) is 23.0 Å². The van der Waals surface area contributed by atoms with E-state index in [-0.39, 0.29) is 12.4 Å². The van der Waals surface area contributed by atoms with Crippen LogP contribution in [0.5, 0.6) is 11.5 Å². The van der Waals surface area contributed by atoms with E-state index in [1.807, 2.05) is 6.07 Å². The highest BCUT2D eigenvalue weighted by Gasteiger charge is 2.07. The Balaban J connectivity index is 2.13. The topological polar surface area (TPSA) is 42.2 Å². The van der Waals surface area contributed by atoms with Crippen molar-refractivity contribution in [1.29, 1.82) is 5.26 Å². The van der Waals surface area contributed by atoms with E-state index in [1.54, 1.807) is 18.2 Å². The van der Waals surface area contributed by atoms with E-state index >= 15 is 0 Å². The number of rotatable bonds is 4. The van der Waals surface area contributed by atoms with Crippen molar-refractivity contribution in [2.75, 3.05) is 7.11 Å². The normalized spacial score (nSPS) is 9.90. The lowest BCUT2D eigenvalue weighted by Crippen LogP contribution is -1.99. The zero-order chi connectivity index (χ0) is 14.5. The molecule has 0 saturated carbocycles. The molecule has 0 atom stereocenters. The number of nitrogens with zero attached hydrogens (tertiary/aromatic N) is 1. The van der Waals surface area contributed by atoms with Crippen LogP contribution in [0.2, 0.25) is 0 Å². The average molecular weight is 275 g/mol. The highest BCUT2D eigenvalue weighted by molar-refractivity contribution is 5.45. The average Bonchev–Trinajstić information content (AvgIpc) is 2.46. The van der Waals surface area contributed by atoms with E-state index in [4.69, 9.17) is 14.7 Å². The lowest BCUT2D eigenvalue weighted by Gasteiger charge is -2.09. The van der Waals surface area contributed by atoms with E-state index in [1.165, 1.54) is 13.2 Å². The third-order valence-corrected chi connectivity index (χ3v) is 2.67. The van der Waals surface area contributed by atoms with E-state index in [2.05, 4.69) is 0 Å². The van der Waals surface area contributed by atoms with Crippen LogP contribution in [0.4, 0.5) is 8.78 Å². The fourth-order valence-corrected chi connectivity index (χ4v) is 1.67. The maximum absolute atomic E-state index is 13.4. The first-order valence-corrected chi connectivity index (χ1v) is 5.79. The molecule has 0 spiro atoms. The van der Waals surface area contributed by atoms with Gasteiger partial charge in [-0.2, -0.15) is 5.26 Å². The number of methoxy groups -OCH3 is 1. The summed E-state index contributed by atoms with van der Waals surface area (Å²) >= 11 is 0. The van der Waals surface area contributed by atoms with Crippen molar-refractivity contribution in [2.45, 2.75) is 6.61 Å². The van der Waals surface area contributed by atoms with Gasteiger partial charge in [0.1, 0.15) is 24.2 Å². The number of benzene rings is 2. The van der Waals surface area contributed by atoms with Gasteiger partial charge in [0.15, 0.2) is 11.6 Å². The molecule has 0 bridgehead atoms. The van der Waals surface area contributed by atoms with Crippen LogP contribution in [-0.2, 0) is 6.61 Å². The molecule has 0 N–H and O–H groups in total. The second kappa shape index (κ2) is 6.02. The third-order valence-electron chi connectivity index (χ3n) is 2.67. The minimum atomic E-state index is -0.759. The minimum absolute atomic E-state index is 0.0327. The number of ether oxygens (including phenoxy) is 2. The zero-order valence-corrected chi connectivity index (χ0v) is 10.7. The highest BCUT2D eigenvalue weighted by atomic mass is 19.1. The largest absolute Gasteiger partial charge is 0.495 e. The van der Waals surface area contributed by atoms with Crippen LogP contribution < -0.4 is 9.47 Å². The monoisotopic (exact) mass is 275 g/mol. The summed E-state index contributed by atoms with van der Waals surface area (Å²) in [5.74, 6) is -1.02. The van der Waals surface area contributed by atoms with Gasteiger partial charge in [0, 0.05) is 6.07 Å². The summed E-state index contributed by atoms with van der Waals surface area (Å²) in [6.07, 6.45) is 0. The quantitative estimate of drug-likeness (QED) is 0.858. The highest BCUT2D eigenvalue weighted by Crippen LogP contribution is 2.22. The zero-order valence-electron chi connectivity index (χ0n) is 10.7. The Kier molecular flexibility index (Phi) is 4.16. The molecule has 2 rings (SSSR count). The summed E-state index contributed by atoms with van der Waals surface area (Å²) in [6, 6.07) is 10.0. The molecule has 0 amide bonds. The van der Waals surface area contributed by atoms with E-state index in [0.29, 0.717) is 16.9 Å². The summed E-state index contributed by atoms with van der Waals surface area (Å²) in [6.45, 7) is 0.0879. The van der Waals surface area contributed by atoms with Crippen LogP contribution in [0.25, 0.3) is 0 Å². The number of hydrogen-bond donors (Lipinski definition) is 0. The maximum atomic E-state index is 13.4. The van der Waals surface area contributed by atoms with Gasteiger partial charge in [0.25, 0.3) is 0 Å². The lowest BCUT2D eigenvalue weighted by atomic mass is 10.1. The standard InChI is InChI=1S/C15H11F2NO2/c1-19-15-6-10(2-3-11(15)8-18)9-20-14-5-4-12(16)7-13(14)17/h2-7H,9H2,1H3. The second-order valence-corrected chi connectivity index (χ2v) is 4.01. The molecular formula is C15H11F2NO2. The Morgan fingerprint density at radius 1 is 1.10 bits per heavy atom. The predicted octanol–water partition coefficient (Wildman–Crippen LogP) is 3.42. The van der Waals surface area contributed by atoms with Gasteiger partial charge in [-0.05, 0) is 29.8 Å². The fraction of sp³-hybridized carbons (Fsp3) is 0.133. The summed E-state index contributed by atoms with van der Waals surface area (Å²) < 4.78 is 36.5. The van der Waals surface area contributed by atoms with Gasteiger partial charge in [-0.1, -0.05) is 6.07 Å². The minimum Gasteiger partial charge on any atom is -0.495 e. The Labute approximate surface area is 115 Å². The molecule has 3 nitrogen and oxygen atoms in total. The molecular weight excluding hydrogens is 264 g/mol. The first kappa shape index (κ1) is 13.8. The molecule has 5 heteroatoms. The van der Waals surface area contributed by atoms with Crippen molar-refractivity contribution in [2.24, 2.45) is 0 Å². The van der Waals surface area contributed by atoms with Gasteiger partial charge in [0.2, 0.25) is 0 Å². The first-order chi connectivity index (χ1) is 9.63. The number of halogens is 2. The van der Waals surface area contributed by atoms with Gasteiger partial charge in [-0.3, -0.25) is 0 Å². The molecule has 0 unspecified atom stereocenters. The van der Waals surface area contributed by atoms with Gasteiger partial charge in [-0.25, -0.2) is 8.78 Å². The Morgan fingerprint density at radius 3 is 2.55 bits per heavy atom. The molecule has 0 fully saturated rings. The van der Waals surface area contributed by atoms with Crippen LogP contribution in [0.1, 0.15) is 11.1 Å². The van der Waals surface area contributed by atoms with E-state index in [9.17, 15) is 8.78 Å². The van der Waals surface area contributed by atoms with Crippen molar-refractivity contribution in [3.8, 4) is 17.6 Å². The lowest BCUT2D eigenvalue weighted by molar-refractivity contribution is 0.288. The second-order valence-electron chi connectivity index (χ2n) is 4.01. The summed E-state index contributed by atoms with van der Waals surface area (Å²) in [4.78, 5) is 0. The van der Waals surface area contributed by atoms with E-state index < -0.39 is 11.6 Å². The SMILES string of the molecule is COc1cc(COc2ccc(F)cc2F)ccc1C#N. The van der Waals surface area contributed by atoms with Gasteiger partial charge in [0.05, 0.1) is 12.7 Å². The molecule has 0 saturated heterocycles. The molecule has 2 aromatic carbocycles. The van der Waals surface area contributed by atoms with Crippen LogP contribution >= 0.6 is 0 Å². The molecule has 20 heavy (non-hydrogen) atoms. The Bertz CT molecular complexity index is 665. The van der Waals surface area contributed by atoms with Crippen molar-refractivity contribution in [3.05, 3.63) is 59.2 Å². The van der Waals surface area contributed by atoms with Crippen LogP contribution in [-0.4, -0.2) is 7.11 Å². The molecule has 102 valence electrons. The van der Waals surface area contributed by atoms with Crippen molar-refractivity contribution >= 4 is 0 Å². The molecule has 0 aromatic heterocycles. The number of hydrogen-bond acceptors (Lipinski definition) is 3. The maximum Gasteiger partial charge on any atom is 0.167 e. The fourth-order valence-electron chi connectivity index (χ4n) is 1.67. The van der Waals surface area contributed by atoms with Crippen LogP contribution in [0.15, 0.2) is 36.4 Å². The first-order valence-electron chi connectivity index (χ1n) is 5.79. The Morgan fingerprint density at radius 2 is 1.90 bits per heavy atom. The Hall–Kier alpha value is -2.61. The van der Waals surface area contributed by atoms with Crippen molar-refractivity contribution < 1.29 is 18.3 Å². The molecule has 0 aliphatic carbocycles. The number of nitriles is 1. The smallest absolute Gasteiger partial charge is 0.167 e. The van der Waals surface area contributed by atoms with Crippen molar-refractivity contribution in [1.82, 2.24) is 0 Å². The summed E-state index contributed by atoms with van der Waals surface area (Å²) in [7, 11) is 1.46. The van der Waals surface area contributed by atoms with E-state index in [0.717, 1.165) is 12.1 Å². The van der Waals surface area contributed by atoms with Crippen LogP contribution in [0.3, 0.4) is 0 Å². The third kappa shape index (κ3) is 3.04. The molecule has 0 radical (unpaired) electrons. The summed E-state index contributed by atoms with van der Waals surface area (Å²) in [5.41, 5.74) is 1.12. The summed E-state index contributed by atoms with van der Waals surface area (Å²) in [5, 5.41) is 8.86. The van der Waals surface area contributed by atoms with Crippen molar-refractivity contribution in [3.63, 3.8) is 0 Å². The van der Waals surface area contributed by atoms with Gasteiger partial charge >= 0.3 is 0 Å². The van der Waals surface area contributed by atoms with Gasteiger partial charge in [-0.15, -0.1) is 0 Å². The molecule has 2 aromatic rings.